The monoisotopic (exact) mass is 336 g/mol. The molecule has 0 spiro atoms. The van der Waals surface area contributed by atoms with E-state index in [4.69, 9.17) is 0 Å². The molecule has 0 saturated carbocycles. The van der Waals surface area contributed by atoms with Crippen molar-refractivity contribution in [1.82, 2.24) is 10.2 Å². The Labute approximate surface area is 136 Å². The highest BCUT2D eigenvalue weighted by atomic mass is 35.5. The van der Waals surface area contributed by atoms with Crippen LogP contribution >= 0.6 is 12.4 Å². The van der Waals surface area contributed by atoms with Gasteiger partial charge in [0.1, 0.15) is 0 Å². The number of nitrogens with zero attached hydrogens (tertiary/aromatic N) is 1. The van der Waals surface area contributed by atoms with Gasteiger partial charge in [0.2, 0.25) is 0 Å². The Bertz CT molecular complexity index is 440. The Balaban J connectivity index is 0.00000242. The van der Waals surface area contributed by atoms with Gasteiger partial charge in [-0.25, -0.2) is 0 Å². The summed E-state index contributed by atoms with van der Waals surface area (Å²) in [5, 5.41) is 3.19. The summed E-state index contributed by atoms with van der Waals surface area (Å²) >= 11 is 0. The van der Waals surface area contributed by atoms with Gasteiger partial charge in [-0.1, -0.05) is 38.1 Å². The highest BCUT2D eigenvalue weighted by Gasteiger charge is 2.35. The molecule has 1 aliphatic heterocycles. The van der Waals surface area contributed by atoms with E-state index in [1.165, 1.54) is 0 Å². The van der Waals surface area contributed by atoms with E-state index in [1.807, 2.05) is 29.2 Å². The van der Waals surface area contributed by atoms with Gasteiger partial charge in [0, 0.05) is 32.2 Å². The minimum atomic E-state index is -4.15. The summed E-state index contributed by atoms with van der Waals surface area (Å²) in [6, 6.07) is 7.03. The van der Waals surface area contributed by atoms with Gasteiger partial charge in [0.05, 0.1) is 6.42 Å². The highest BCUT2D eigenvalue weighted by Crippen LogP contribution is 2.34. The SMILES string of the molecule is CC(C)c1ccc([C@@H](CC(F)(F)F)N2CCNCC2)cc1.Cl. The Morgan fingerprint density at radius 2 is 1.55 bits per heavy atom. The molecule has 0 amide bonds. The molecule has 6 heteroatoms. The largest absolute Gasteiger partial charge is 0.390 e. The second kappa shape index (κ2) is 8.18. The Hall–Kier alpha value is -0.780. The Kier molecular flexibility index (Phi) is 7.16. The molecule has 1 aromatic carbocycles. The van der Waals surface area contributed by atoms with E-state index in [-0.39, 0.29) is 12.4 Å². The van der Waals surface area contributed by atoms with Gasteiger partial charge in [-0.15, -0.1) is 12.4 Å². The number of halogens is 4. The van der Waals surface area contributed by atoms with Crippen molar-refractivity contribution in [3.05, 3.63) is 35.4 Å². The first kappa shape index (κ1) is 19.3. The zero-order valence-electron chi connectivity index (χ0n) is 13.0. The van der Waals surface area contributed by atoms with Crippen LogP contribution in [-0.4, -0.2) is 37.3 Å². The lowest BCUT2D eigenvalue weighted by Gasteiger charge is -2.35. The molecule has 22 heavy (non-hydrogen) atoms. The van der Waals surface area contributed by atoms with E-state index < -0.39 is 18.6 Å². The second-order valence-electron chi connectivity index (χ2n) is 5.94. The van der Waals surface area contributed by atoms with Crippen molar-refractivity contribution in [2.24, 2.45) is 0 Å². The molecule has 126 valence electrons. The van der Waals surface area contributed by atoms with Crippen LogP contribution in [0.5, 0.6) is 0 Å². The van der Waals surface area contributed by atoms with E-state index in [2.05, 4.69) is 19.2 Å². The van der Waals surface area contributed by atoms with Crippen LogP contribution in [0.1, 0.15) is 43.4 Å². The van der Waals surface area contributed by atoms with Crippen molar-refractivity contribution in [2.75, 3.05) is 26.2 Å². The van der Waals surface area contributed by atoms with Gasteiger partial charge in [-0.2, -0.15) is 13.2 Å². The quantitative estimate of drug-likeness (QED) is 0.889. The van der Waals surface area contributed by atoms with Crippen molar-refractivity contribution >= 4 is 12.4 Å². The third-order valence-corrected chi connectivity index (χ3v) is 4.01. The summed E-state index contributed by atoms with van der Waals surface area (Å²) in [5.41, 5.74) is 1.92. The highest BCUT2D eigenvalue weighted by molar-refractivity contribution is 5.85. The molecule has 0 unspecified atom stereocenters. The number of piperazine rings is 1. The fourth-order valence-corrected chi connectivity index (χ4v) is 2.77. The molecule has 1 N–H and O–H groups in total. The summed E-state index contributed by atoms with van der Waals surface area (Å²) in [4.78, 5) is 1.94. The summed E-state index contributed by atoms with van der Waals surface area (Å²) < 4.78 is 38.7. The normalized spacial score (nSPS) is 18.1. The summed E-state index contributed by atoms with van der Waals surface area (Å²) in [6.07, 6.45) is -4.93. The molecule has 0 aliphatic carbocycles. The summed E-state index contributed by atoms with van der Waals surface area (Å²) in [6.45, 7) is 6.98. The number of benzene rings is 1. The van der Waals surface area contributed by atoms with Crippen LogP contribution in [0.3, 0.4) is 0 Å². The molecular weight excluding hydrogens is 313 g/mol. The van der Waals surface area contributed by atoms with Crippen LogP contribution in [0.25, 0.3) is 0 Å². The molecule has 2 rings (SSSR count). The molecule has 1 aliphatic rings. The van der Waals surface area contributed by atoms with E-state index in [9.17, 15) is 13.2 Å². The fourth-order valence-electron chi connectivity index (χ4n) is 2.77. The van der Waals surface area contributed by atoms with Gasteiger partial charge in [-0.05, 0) is 17.0 Å². The van der Waals surface area contributed by atoms with Gasteiger partial charge in [0.15, 0.2) is 0 Å². The molecule has 0 radical (unpaired) electrons. The van der Waals surface area contributed by atoms with Crippen LogP contribution in [-0.2, 0) is 0 Å². The minimum absolute atomic E-state index is 0. The zero-order chi connectivity index (χ0) is 15.5. The lowest BCUT2D eigenvalue weighted by molar-refractivity contribution is -0.148. The van der Waals surface area contributed by atoms with Crippen molar-refractivity contribution in [1.29, 1.82) is 0 Å². The molecule has 1 atom stereocenters. The van der Waals surface area contributed by atoms with Crippen LogP contribution in [0.15, 0.2) is 24.3 Å². The van der Waals surface area contributed by atoms with Gasteiger partial charge < -0.3 is 5.32 Å². The van der Waals surface area contributed by atoms with Crippen molar-refractivity contribution in [3.8, 4) is 0 Å². The summed E-state index contributed by atoms with van der Waals surface area (Å²) in [5.74, 6) is 0.388. The third kappa shape index (κ3) is 5.45. The van der Waals surface area contributed by atoms with Gasteiger partial charge in [0.25, 0.3) is 0 Å². The molecular formula is C16H24ClF3N2. The number of nitrogens with one attached hydrogen (secondary N) is 1. The number of rotatable bonds is 4. The van der Waals surface area contributed by atoms with Gasteiger partial charge >= 0.3 is 6.18 Å². The number of alkyl halides is 3. The average Bonchev–Trinajstić information content (AvgIpc) is 2.45. The van der Waals surface area contributed by atoms with Crippen molar-refractivity contribution in [3.63, 3.8) is 0 Å². The third-order valence-electron chi connectivity index (χ3n) is 4.01. The van der Waals surface area contributed by atoms with Crippen LogP contribution in [0.4, 0.5) is 13.2 Å². The van der Waals surface area contributed by atoms with E-state index in [0.717, 1.165) is 24.2 Å². The first-order valence-corrected chi connectivity index (χ1v) is 7.48. The fraction of sp³-hybridized carbons (Fsp3) is 0.625. The lowest BCUT2D eigenvalue weighted by atomic mass is 9.96. The summed E-state index contributed by atoms with van der Waals surface area (Å²) in [7, 11) is 0. The minimum Gasteiger partial charge on any atom is -0.314 e. The predicted octanol–water partition coefficient (Wildman–Crippen LogP) is 4.13. The maximum atomic E-state index is 12.9. The second-order valence-corrected chi connectivity index (χ2v) is 5.94. The molecule has 0 bridgehead atoms. The van der Waals surface area contributed by atoms with Crippen molar-refractivity contribution < 1.29 is 13.2 Å². The number of hydrogen-bond acceptors (Lipinski definition) is 2. The Morgan fingerprint density at radius 1 is 1.05 bits per heavy atom. The van der Waals surface area contributed by atoms with Crippen molar-refractivity contribution in [2.45, 2.75) is 38.4 Å². The molecule has 1 saturated heterocycles. The first-order valence-electron chi connectivity index (χ1n) is 7.48. The number of hydrogen-bond donors (Lipinski definition) is 1. The standard InChI is InChI=1S/C16H23F3N2.ClH/c1-12(2)13-3-5-14(6-4-13)15(11-16(17,18)19)21-9-7-20-8-10-21;/h3-6,12,15,20H,7-11H2,1-2H3;1H/t15-;/m1./s1. The van der Waals surface area contributed by atoms with Crippen LogP contribution in [0, 0.1) is 0 Å². The Morgan fingerprint density at radius 3 is 2.00 bits per heavy atom. The van der Waals surface area contributed by atoms with E-state index >= 15 is 0 Å². The zero-order valence-corrected chi connectivity index (χ0v) is 13.8. The average molecular weight is 337 g/mol. The lowest BCUT2D eigenvalue weighted by Crippen LogP contribution is -2.46. The molecule has 0 aromatic heterocycles. The molecule has 1 heterocycles. The molecule has 1 aromatic rings. The van der Waals surface area contributed by atoms with Crippen LogP contribution < -0.4 is 5.32 Å². The van der Waals surface area contributed by atoms with E-state index in [1.54, 1.807) is 0 Å². The molecule has 2 nitrogen and oxygen atoms in total. The van der Waals surface area contributed by atoms with E-state index in [0.29, 0.717) is 19.0 Å². The predicted molar refractivity (Wildman–Crippen MR) is 85.6 cm³/mol. The smallest absolute Gasteiger partial charge is 0.314 e. The first-order chi connectivity index (χ1) is 9.87. The molecule has 1 fully saturated rings. The maximum absolute atomic E-state index is 12.9. The van der Waals surface area contributed by atoms with Gasteiger partial charge in [-0.3, -0.25) is 4.90 Å². The van der Waals surface area contributed by atoms with Crippen LogP contribution in [0.2, 0.25) is 0 Å². The maximum Gasteiger partial charge on any atom is 0.390 e. The topological polar surface area (TPSA) is 15.3 Å².